The first-order valence-electron chi connectivity index (χ1n) is 11.0. The molecule has 0 saturated carbocycles. The van der Waals surface area contributed by atoms with Crippen LogP contribution in [-0.2, 0) is 37.8 Å². The fourth-order valence-corrected chi connectivity index (χ4v) is 3.98. The Morgan fingerprint density at radius 3 is 2.45 bits per heavy atom. The molecule has 1 aliphatic heterocycles. The highest BCUT2D eigenvalue weighted by atomic mass is 127. The number of carbonyl (C=O) groups is 1. The number of nitrogens with one attached hydrogen (secondary N) is 2. The minimum Gasteiger partial charge on any atom is -0.357 e. The van der Waals surface area contributed by atoms with E-state index in [2.05, 4.69) is 48.6 Å². The van der Waals surface area contributed by atoms with Gasteiger partial charge in [0.25, 0.3) is 0 Å². The average molecular weight is 538 g/mol. The van der Waals surface area contributed by atoms with Crippen LogP contribution in [0.1, 0.15) is 56.1 Å². The molecule has 1 fully saturated rings. The van der Waals surface area contributed by atoms with E-state index in [0.717, 1.165) is 55.3 Å². The van der Waals surface area contributed by atoms with Crippen LogP contribution >= 0.6 is 24.0 Å². The van der Waals surface area contributed by atoms with Gasteiger partial charge in [0.05, 0.1) is 12.2 Å². The SMILES string of the molecule is CCNC(=NCc1ccc(N2CCCC2=O)cc1)NCc1c(CC)nn(C)c1CC.I. The number of rotatable bonds is 8. The first-order valence-corrected chi connectivity index (χ1v) is 11.0. The van der Waals surface area contributed by atoms with Gasteiger partial charge in [0, 0.05) is 50.0 Å². The Balaban J connectivity index is 0.00000341. The lowest BCUT2D eigenvalue weighted by Gasteiger charge is -2.16. The fraction of sp³-hybridized carbons (Fsp3) is 0.522. The lowest BCUT2D eigenvalue weighted by Crippen LogP contribution is -2.37. The second-order valence-corrected chi connectivity index (χ2v) is 7.57. The van der Waals surface area contributed by atoms with Crippen LogP contribution in [0.5, 0.6) is 0 Å². The van der Waals surface area contributed by atoms with Gasteiger partial charge in [0.2, 0.25) is 5.91 Å². The summed E-state index contributed by atoms with van der Waals surface area (Å²) < 4.78 is 1.99. The molecule has 1 amide bonds. The predicted octanol–water partition coefficient (Wildman–Crippen LogP) is 3.55. The topological polar surface area (TPSA) is 74.6 Å². The van der Waals surface area contributed by atoms with Gasteiger partial charge in [-0.05, 0) is 43.9 Å². The molecule has 0 atom stereocenters. The van der Waals surface area contributed by atoms with Crippen LogP contribution < -0.4 is 15.5 Å². The van der Waals surface area contributed by atoms with Crippen molar-refractivity contribution in [3.8, 4) is 0 Å². The highest BCUT2D eigenvalue weighted by Crippen LogP contribution is 2.21. The van der Waals surface area contributed by atoms with Crippen molar-refractivity contribution in [3.63, 3.8) is 0 Å². The highest BCUT2D eigenvalue weighted by Gasteiger charge is 2.21. The van der Waals surface area contributed by atoms with Crippen molar-refractivity contribution < 1.29 is 4.79 Å². The summed E-state index contributed by atoms with van der Waals surface area (Å²) in [4.78, 5) is 18.5. The average Bonchev–Trinajstić information content (AvgIpc) is 3.32. The van der Waals surface area contributed by atoms with E-state index < -0.39 is 0 Å². The minimum absolute atomic E-state index is 0. The lowest BCUT2D eigenvalue weighted by atomic mass is 10.1. The normalized spacial score (nSPS) is 14.0. The molecule has 2 heterocycles. The number of hydrogen-bond acceptors (Lipinski definition) is 3. The highest BCUT2D eigenvalue weighted by molar-refractivity contribution is 14.0. The Morgan fingerprint density at radius 1 is 1.13 bits per heavy atom. The van der Waals surface area contributed by atoms with Crippen LogP contribution in [-0.4, -0.2) is 34.7 Å². The number of aliphatic imine (C=N–C) groups is 1. The molecule has 0 aliphatic carbocycles. The van der Waals surface area contributed by atoms with Crippen molar-refractivity contribution in [2.75, 3.05) is 18.0 Å². The van der Waals surface area contributed by atoms with E-state index in [1.807, 2.05) is 28.8 Å². The molecule has 1 aromatic heterocycles. The monoisotopic (exact) mass is 538 g/mol. The Bertz CT molecular complexity index is 890. The molecular formula is C23H35IN6O. The van der Waals surface area contributed by atoms with Gasteiger partial charge < -0.3 is 15.5 Å². The van der Waals surface area contributed by atoms with Gasteiger partial charge in [-0.15, -0.1) is 24.0 Å². The zero-order chi connectivity index (χ0) is 21.5. The first kappa shape index (κ1) is 25.2. The molecule has 8 heteroatoms. The molecule has 1 aromatic carbocycles. The van der Waals surface area contributed by atoms with Crippen LogP contribution in [0.3, 0.4) is 0 Å². The molecule has 1 aliphatic rings. The summed E-state index contributed by atoms with van der Waals surface area (Å²) >= 11 is 0. The molecule has 170 valence electrons. The summed E-state index contributed by atoms with van der Waals surface area (Å²) in [7, 11) is 2.01. The number of anilines is 1. The Morgan fingerprint density at radius 2 is 1.87 bits per heavy atom. The van der Waals surface area contributed by atoms with Gasteiger partial charge in [-0.2, -0.15) is 5.10 Å². The molecule has 1 saturated heterocycles. The van der Waals surface area contributed by atoms with Gasteiger partial charge in [-0.1, -0.05) is 26.0 Å². The van der Waals surface area contributed by atoms with Crippen molar-refractivity contribution in [2.45, 2.75) is 59.5 Å². The van der Waals surface area contributed by atoms with E-state index in [4.69, 9.17) is 4.99 Å². The van der Waals surface area contributed by atoms with E-state index in [9.17, 15) is 4.79 Å². The number of benzene rings is 1. The number of nitrogens with zero attached hydrogens (tertiary/aromatic N) is 4. The van der Waals surface area contributed by atoms with Crippen molar-refractivity contribution in [1.29, 1.82) is 0 Å². The smallest absolute Gasteiger partial charge is 0.227 e. The van der Waals surface area contributed by atoms with E-state index in [1.165, 1.54) is 11.3 Å². The summed E-state index contributed by atoms with van der Waals surface area (Å²) in [5.74, 6) is 1.01. The van der Waals surface area contributed by atoms with E-state index in [0.29, 0.717) is 19.5 Å². The van der Waals surface area contributed by atoms with E-state index in [1.54, 1.807) is 0 Å². The maximum absolute atomic E-state index is 11.9. The third-order valence-electron chi connectivity index (χ3n) is 5.55. The summed E-state index contributed by atoms with van der Waals surface area (Å²) in [6.07, 6.45) is 3.48. The van der Waals surface area contributed by atoms with Gasteiger partial charge in [0.1, 0.15) is 0 Å². The number of aryl methyl sites for hydroxylation is 2. The van der Waals surface area contributed by atoms with Crippen molar-refractivity contribution in [1.82, 2.24) is 20.4 Å². The molecule has 0 unspecified atom stereocenters. The quantitative estimate of drug-likeness (QED) is 0.307. The molecule has 2 N–H and O–H groups in total. The molecular weight excluding hydrogens is 503 g/mol. The Labute approximate surface area is 202 Å². The summed E-state index contributed by atoms with van der Waals surface area (Å²) in [5, 5.41) is 11.4. The van der Waals surface area contributed by atoms with Gasteiger partial charge in [0.15, 0.2) is 5.96 Å². The maximum atomic E-state index is 11.9. The second-order valence-electron chi connectivity index (χ2n) is 7.57. The third-order valence-corrected chi connectivity index (χ3v) is 5.55. The second kappa shape index (κ2) is 12.1. The molecule has 31 heavy (non-hydrogen) atoms. The Hall–Kier alpha value is -2.10. The molecule has 0 radical (unpaired) electrons. The molecule has 0 bridgehead atoms. The van der Waals surface area contributed by atoms with Gasteiger partial charge in [-0.3, -0.25) is 9.48 Å². The van der Waals surface area contributed by atoms with Crippen LogP contribution in [0.15, 0.2) is 29.3 Å². The minimum atomic E-state index is 0. The number of hydrogen-bond donors (Lipinski definition) is 2. The maximum Gasteiger partial charge on any atom is 0.227 e. The summed E-state index contributed by atoms with van der Waals surface area (Å²) in [6, 6.07) is 8.15. The van der Waals surface area contributed by atoms with Crippen molar-refractivity contribution in [3.05, 3.63) is 46.8 Å². The van der Waals surface area contributed by atoms with Crippen LogP contribution in [0.25, 0.3) is 0 Å². The Kier molecular flexibility index (Phi) is 9.80. The number of carbonyl (C=O) groups excluding carboxylic acids is 1. The summed E-state index contributed by atoms with van der Waals surface area (Å²) in [6.45, 7) is 9.29. The van der Waals surface area contributed by atoms with Crippen molar-refractivity contribution in [2.24, 2.45) is 12.0 Å². The van der Waals surface area contributed by atoms with Crippen LogP contribution in [0.2, 0.25) is 0 Å². The number of aromatic nitrogens is 2. The molecule has 7 nitrogen and oxygen atoms in total. The zero-order valence-corrected chi connectivity index (χ0v) is 21.4. The number of amides is 1. The molecule has 2 aromatic rings. The van der Waals surface area contributed by atoms with Crippen LogP contribution in [0.4, 0.5) is 5.69 Å². The van der Waals surface area contributed by atoms with Gasteiger partial charge >= 0.3 is 0 Å². The fourth-order valence-electron chi connectivity index (χ4n) is 3.98. The van der Waals surface area contributed by atoms with E-state index in [-0.39, 0.29) is 29.9 Å². The molecule has 0 spiro atoms. The number of halogens is 1. The van der Waals surface area contributed by atoms with Gasteiger partial charge in [-0.25, -0.2) is 4.99 Å². The van der Waals surface area contributed by atoms with E-state index >= 15 is 0 Å². The lowest BCUT2D eigenvalue weighted by molar-refractivity contribution is -0.117. The van der Waals surface area contributed by atoms with Crippen LogP contribution in [0, 0.1) is 0 Å². The zero-order valence-electron chi connectivity index (χ0n) is 19.1. The third kappa shape index (κ3) is 6.21. The standard InChI is InChI=1S/C23H34N6O.HI/c1-5-20-19(21(6-2)28(4)27-20)16-26-23(24-7-3)25-15-17-10-12-18(13-11-17)29-14-8-9-22(29)30;/h10-13H,5-9,14-16H2,1-4H3,(H2,24,25,26);1H. The predicted molar refractivity (Wildman–Crippen MR) is 137 cm³/mol. The molecule has 3 rings (SSSR count). The number of guanidine groups is 1. The largest absolute Gasteiger partial charge is 0.357 e. The van der Waals surface area contributed by atoms with Crippen molar-refractivity contribution >= 4 is 41.5 Å². The summed E-state index contributed by atoms with van der Waals surface area (Å²) in [5.41, 5.74) is 5.78. The first-order chi connectivity index (χ1) is 14.6.